The molecule has 0 radical (unpaired) electrons. The number of fused-ring (bicyclic) bond motifs is 3. The molecular weight excluding hydrogens is 600 g/mol. The highest BCUT2D eigenvalue weighted by Crippen LogP contribution is 2.37. The van der Waals surface area contributed by atoms with E-state index in [2.05, 4.69) is 49.1 Å². The lowest BCUT2D eigenvalue weighted by Crippen LogP contribution is -2.55. The maximum absolute atomic E-state index is 13.3. The van der Waals surface area contributed by atoms with Crippen molar-refractivity contribution in [2.75, 3.05) is 17.7 Å². The summed E-state index contributed by atoms with van der Waals surface area (Å²) in [5.74, 6) is 0.171. The normalized spacial score (nSPS) is 14.1. The van der Waals surface area contributed by atoms with Crippen LogP contribution in [-0.2, 0) is 4.79 Å². The number of carboxylic acids is 1. The van der Waals surface area contributed by atoms with Crippen molar-refractivity contribution in [1.82, 2.24) is 10.1 Å². The van der Waals surface area contributed by atoms with Gasteiger partial charge in [0.2, 0.25) is 5.16 Å². The molecule has 0 aliphatic carbocycles. The van der Waals surface area contributed by atoms with Gasteiger partial charge in [-0.05, 0) is 47.5 Å². The number of halogens is 2. The van der Waals surface area contributed by atoms with Crippen molar-refractivity contribution in [3.05, 3.63) is 61.3 Å². The number of anilines is 1. The second kappa shape index (κ2) is 11.6. The van der Waals surface area contributed by atoms with Gasteiger partial charge in [0.25, 0.3) is 6.17 Å². The summed E-state index contributed by atoms with van der Waals surface area (Å²) in [5.41, 5.74) is 2.29. The molecule has 8 nitrogen and oxygen atoms in total. The zero-order valence-corrected chi connectivity index (χ0v) is 23.0. The summed E-state index contributed by atoms with van der Waals surface area (Å²) in [7, 11) is 0. The smallest absolute Gasteiger partial charge is 0.341 e. The fourth-order valence-corrected chi connectivity index (χ4v) is 5.48. The SMILES string of the molecule is CCCCCCSc1n[n+]2c(c(=O)[nH]1)-c1cc(Br)ccc1N[C@H]2c1cc(Br)ccc1OCC(=O)O. The van der Waals surface area contributed by atoms with E-state index in [1.165, 1.54) is 18.2 Å². The lowest BCUT2D eigenvalue weighted by atomic mass is 10.0. The number of nitrogens with one attached hydrogen (secondary N) is 2. The molecule has 2 aromatic carbocycles. The van der Waals surface area contributed by atoms with Gasteiger partial charge in [-0.25, -0.2) is 4.79 Å². The van der Waals surface area contributed by atoms with E-state index >= 15 is 0 Å². The van der Waals surface area contributed by atoms with Crippen molar-refractivity contribution in [2.24, 2.45) is 0 Å². The number of nitrogens with zero attached hydrogens (tertiary/aromatic N) is 2. The van der Waals surface area contributed by atoms with Crippen LogP contribution in [0.5, 0.6) is 5.75 Å². The minimum Gasteiger partial charge on any atom is -0.481 e. The molecule has 184 valence electrons. The van der Waals surface area contributed by atoms with Crippen LogP contribution in [0.25, 0.3) is 11.3 Å². The molecule has 0 fully saturated rings. The number of aromatic nitrogens is 3. The summed E-state index contributed by atoms with van der Waals surface area (Å²) in [6.45, 7) is 1.69. The zero-order valence-electron chi connectivity index (χ0n) is 19.0. The highest BCUT2D eigenvalue weighted by molar-refractivity contribution is 9.10. The van der Waals surface area contributed by atoms with Gasteiger partial charge in [0.15, 0.2) is 6.61 Å². The Morgan fingerprint density at radius 3 is 2.71 bits per heavy atom. The molecule has 1 aliphatic rings. The molecule has 4 rings (SSSR count). The zero-order chi connectivity index (χ0) is 24.9. The Labute approximate surface area is 223 Å². The number of carbonyl (C=O) groups is 1. The standard InChI is InChI=1S/C24H24Br2N4O4S/c1-2-3-4-5-10-35-24-28-23(33)21-16-11-14(25)6-8-18(16)27-22(30(21)29-24)17-12-15(26)7-9-19(17)34-13-20(31)32/h6-9,11-12,22H,2-5,10,13H2,1H3,(H2,28,29,31,32,33)/p+1/t22-/m1/s1. The predicted molar refractivity (Wildman–Crippen MR) is 142 cm³/mol. The fraction of sp³-hybridized carbons (Fsp3) is 0.333. The van der Waals surface area contributed by atoms with Crippen molar-refractivity contribution in [2.45, 2.75) is 43.9 Å². The highest BCUT2D eigenvalue weighted by atomic mass is 79.9. The number of carboxylic acid groups (broad SMARTS) is 1. The Morgan fingerprint density at radius 2 is 1.94 bits per heavy atom. The van der Waals surface area contributed by atoms with E-state index < -0.39 is 18.7 Å². The van der Waals surface area contributed by atoms with E-state index in [0.29, 0.717) is 27.7 Å². The second-order valence-corrected chi connectivity index (χ2v) is 11.0. The Balaban J connectivity index is 1.80. The maximum atomic E-state index is 13.3. The number of thioether (sulfide) groups is 1. The van der Waals surface area contributed by atoms with Crippen LogP contribution in [0.1, 0.15) is 44.3 Å². The predicted octanol–water partition coefficient (Wildman–Crippen LogP) is 5.36. The highest BCUT2D eigenvalue weighted by Gasteiger charge is 2.39. The number of benzene rings is 2. The molecule has 0 bridgehead atoms. The number of H-pyrrole nitrogens is 1. The van der Waals surface area contributed by atoms with E-state index in [1.54, 1.807) is 16.8 Å². The van der Waals surface area contributed by atoms with E-state index in [-0.39, 0.29) is 5.56 Å². The minimum atomic E-state index is -1.07. The van der Waals surface area contributed by atoms with Gasteiger partial charge in [0.1, 0.15) is 5.75 Å². The van der Waals surface area contributed by atoms with Gasteiger partial charge in [-0.15, -0.1) is 0 Å². The third kappa shape index (κ3) is 6.07. The van der Waals surface area contributed by atoms with Crippen molar-refractivity contribution >= 4 is 55.3 Å². The minimum absolute atomic E-state index is 0.245. The molecule has 11 heteroatoms. The number of hydrogen-bond acceptors (Lipinski definition) is 6. The monoisotopic (exact) mass is 623 g/mol. The van der Waals surface area contributed by atoms with E-state index in [0.717, 1.165) is 39.6 Å². The Bertz CT molecular complexity index is 1300. The summed E-state index contributed by atoms with van der Waals surface area (Å²) in [5, 5.41) is 17.9. The van der Waals surface area contributed by atoms with Crippen molar-refractivity contribution in [1.29, 1.82) is 0 Å². The lowest BCUT2D eigenvalue weighted by Gasteiger charge is -2.24. The van der Waals surface area contributed by atoms with Gasteiger partial charge < -0.3 is 15.2 Å². The lowest BCUT2D eigenvalue weighted by molar-refractivity contribution is -0.759. The van der Waals surface area contributed by atoms with Crippen LogP contribution in [-0.4, -0.2) is 33.5 Å². The van der Waals surface area contributed by atoms with Crippen molar-refractivity contribution in [3.63, 3.8) is 0 Å². The Kier molecular flexibility index (Phi) is 8.51. The molecule has 1 aliphatic heterocycles. The van der Waals surface area contributed by atoms with Crippen LogP contribution < -0.4 is 20.3 Å². The first-order chi connectivity index (χ1) is 16.9. The summed E-state index contributed by atoms with van der Waals surface area (Å²) in [6, 6.07) is 11.0. The first kappa shape index (κ1) is 25.7. The molecule has 1 aromatic heterocycles. The summed E-state index contributed by atoms with van der Waals surface area (Å²) >= 11 is 8.51. The molecule has 2 heterocycles. The largest absolute Gasteiger partial charge is 0.481 e. The molecule has 0 amide bonds. The molecule has 0 saturated heterocycles. The number of aliphatic carboxylic acids is 1. The molecule has 0 spiro atoms. The van der Waals surface area contributed by atoms with E-state index in [4.69, 9.17) is 14.9 Å². The average molecular weight is 625 g/mol. The van der Waals surface area contributed by atoms with Crippen molar-refractivity contribution in [3.8, 4) is 17.0 Å². The van der Waals surface area contributed by atoms with Gasteiger partial charge in [-0.1, -0.05) is 69.8 Å². The van der Waals surface area contributed by atoms with Crippen LogP contribution in [0.2, 0.25) is 0 Å². The van der Waals surface area contributed by atoms with Gasteiger partial charge in [-0.3, -0.25) is 9.78 Å². The third-order valence-corrected chi connectivity index (χ3v) is 7.43. The quantitative estimate of drug-likeness (QED) is 0.158. The van der Waals surface area contributed by atoms with Crippen molar-refractivity contribution < 1.29 is 19.3 Å². The third-order valence-electron chi connectivity index (χ3n) is 5.49. The Morgan fingerprint density at radius 1 is 1.17 bits per heavy atom. The second-order valence-electron chi connectivity index (χ2n) is 8.06. The molecule has 0 unspecified atom stereocenters. The van der Waals surface area contributed by atoms with Gasteiger partial charge in [0.05, 0.1) is 16.8 Å². The van der Waals surface area contributed by atoms with E-state index in [1.807, 2.05) is 24.3 Å². The summed E-state index contributed by atoms with van der Waals surface area (Å²) in [6.07, 6.45) is 3.93. The van der Waals surface area contributed by atoms with E-state index in [9.17, 15) is 9.59 Å². The van der Waals surface area contributed by atoms with Crippen LogP contribution in [0, 0.1) is 0 Å². The van der Waals surface area contributed by atoms with Gasteiger partial charge in [-0.2, -0.15) is 0 Å². The Hall–Kier alpha value is -2.37. The first-order valence-electron chi connectivity index (χ1n) is 11.3. The molecule has 35 heavy (non-hydrogen) atoms. The van der Waals surface area contributed by atoms with Gasteiger partial charge >= 0.3 is 17.2 Å². The first-order valence-corrected chi connectivity index (χ1v) is 13.8. The molecule has 0 saturated carbocycles. The summed E-state index contributed by atoms with van der Waals surface area (Å²) in [4.78, 5) is 27.4. The maximum Gasteiger partial charge on any atom is 0.341 e. The number of rotatable bonds is 10. The number of unbranched alkanes of at least 4 members (excludes halogenated alkanes) is 3. The van der Waals surface area contributed by atoms with Crippen LogP contribution >= 0.6 is 43.6 Å². The topological polar surface area (TPSA) is 108 Å². The van der Waals surface area contributed by atoms with Crippen LogP contribution in [0.4, 0.5) is 5.69 Å². The van der Waals surface area contributed by atoms with Crippen LogP contribution in [0.3, 0.4) is 0 Å². The molecular formula is C24H25Br2N4O4S+. The molecule has 3 N–H and O–H groups in total. The molecule has 3 aromatic rings. The molecule has 1 atom stereocenters. The number of hydrogen-bond donors (Lipinski definition) is 3. The average Bonchev–Trinajstić information content (AvgIpc) is 2.82. The number of ether oxygens (including phenoxy) is 1. The van der Waals surface area contributed by atoms with Crippen LogP contribution in [0.15, 0.2) is 55.3 Å². The van der Waals surface area contributed by atoms with Gasteiger partial charge in [0, 0.05) is 19.8 Å². The fourth-order valence-electron chi connectivity index (χ4n) is 3.89. The summed E-state index contributed by atoms with van der Waals surface area (Å²) < 4.78 is 8.88. The number of aromatic amines is 1.